The van der Waals surface area contributed by atoms with Crippen molar-refractivity contribution in [2.45, 2.75) is 10.3 Å². The van der Waals surface area contributed by atoms with Gasteiger partial charge >= 0.3 is 0 Å². The fourth-order valence-corrected chi connectivity index (χ4v) is 2.08. The van der Waals surface area contributed by atoms with E-state index in [1.165, 1.54) is 18.9 Å². The molecule has 0 fully saturated rings. The number of carbonyl (C=O) groups excluding carboxylic acids is 1. The van der Waals surface area contributed by atoms with Crippen LogP contribution in [0.2, 0.25) is 0 Å². The number of nitrogens with one attached hydrogen (secondary N) is 1. The minimum Gasteiger partial charge on any atom is -0.360 e. The first kappa shape index (κ1) is 8.59. The van der Waals surface area contributed by atoms with Crippen LogP contribution in [0.5, 0.6) is 0 Å². The number of thioether (sulfide) groups is 1. The Kier molecular flexibility index (Phi) is 2.24. The van der Waals surface area contributed by atoms with E-state index in [0.717, 1.165) is 10.6 Å². The van der Waals surface area contributed by atoms with Crippen LogP contribution in [0.25, 0.3) is 0 Å². The van der Waals surface area contributed by atoms with Crippen LogP contribution >= 0.6 is 11.8 Å². The number of benzene rings is 1. The molecule has 1 N–H and O–H groups in total. The van der Waals surface area contributed by atoms with Crippen LogP contribution in [0.1, 0.15) is 0 Å². The Balaban J connectivity index is 2.33. The highest BCUT2D eigenvalue weighted by Crippen LogP contribution is 2.35. The van der Waals surface area contributed by atoms with Gasteiger partial charge in [-0.05, 0) is 12.1 Å². The Morgan fingerprint density at radius 1 is 1.46 bits per heavy atom. The van der Waals surface area contributed by atoms with Crippen molar-refractivity contribution in [3.8, 4) is 0 Å². The fourth-order valence-electron chi connectivity index (χ4n) is 1.19. The minimum absolute atomic E-state index is 0.0915. The molecule has 0 radical (unpaired) electrons. The largest absolute Gasteiger partial charge is 0.360 e. The van der Waals surface area contributed by atoms with Crippen LogP contribution in [-0.4, -0.2) is 18.5 Å². The number of methoxy groups -OCH3 is 1. The smallest absolute Gasteiger partial charge is 0.264 e. The molecule has 4 heteroatoms. The van der Waals surface area contributed by atoms with Gasteiger partial charge in [0.1, 0.15) is 0 Å². The summed E-state index contributed by atoms with van der Waals surface area (Å²) in [6.45, 7) is 0. The molecule has 13 heavy (non-hydrogen) atoms. The van der Waals surface area contributed by atoms with E-state index in [0.29, 0.717) is 0 Å². The van der Waals surface area contributed by atoms with Crippen molar-refractivity contribution < 1.29 is 9.53 Å². The van der Waals surface area contributed by atoms with Crippen LogP contribution in [0.15, 0.2) is 29.2 Å². The topological polar surface area (TPSA) is 38.3 Å². The van der Waals surface area contributed by atoms with Gasteiger partial charge in [0.25, 0.3) is 5.91 Å². The second-order valence-electron chi connectivity index (χ2n) is 2.67. The molecule has 1 atom stereocenters. The summed E-state index contributed by atoms with van der Waals surface area (Å²) in [6.07, 6.45) is 0. The van der Waals surface area contributed by atoms with Crippen LogP contribution < -0.4 is 5.32 Å². The molecule has 2 rings (SSSR count). The number of carbonyl (C=O) groups is 1. The van der Waals surface area contributed by atoms with Gasteiger partial charge in [0.05, 0.1) is 5.69 Å². The molecule has 1 amide bonds. The Morgan fingerprint density at radius 2 is 2.23 bits per heavy atom. The molecule has 1 aromatic carbocycles. The second kappa shape index (κ2) is 3.40. The lowest BCUT2D eigenvalue weighted by Gasteiger charge is -2.22. The number of amides is 1. The van der Waals surface area contributed by atoms with Crippen molar-refractivity contribution in [2.75, 3.05) is 12.4 Å². The number of para-hydroxylation sites is 1. The van der Waals surface area contributed by atoms with Crippen LogP contribution in [-0.2, 0) is 9.53 Å². The first-order chi connectivity index (χ1) is 6.31. The number of hydrogen-bond acceptors (Lipinski definition) is 3. The predicted molar refractivity (Wildman–Crippen MR) is 51.7 cm³/mol. The maximum absolute atomic E-state index is 11.3. The number of anilines is 1. The lowest BCUT2D eigenvalue weighted by atomic mass is 10.3. The standard InChI is InChI=1S/C9H9NO2S/c1-12-9-8(11)10-6-4-2-3-5-7(6)13-9/h2-5,9H,1H3,(H,10,11). The van der Waals surface area contributed by atoms with Crippen LogP contribution in [0.3, 0.4) is 0 Å². The summed E-state index contributed by atoms with van der Waals surface area (Å²) in [5.41, 5.74) is 0.445. The zero-order chi connectivity index (χ0) is 9.26. The van der Waals surface area contributed by atoms with E-state index in [4.69, 9.17) is 4.74 Å². The molecular weight excluding hydrogens is 186 g/mol. The molecule has 68 valence electrons. The van der Waals surface area contributed by atoms with Crippen molar-refractivity contribution >= 4 is 23.4 Å². The zero-order valence-electron chi connectivity index (χ0n) is 7.11. The summed E-state index contributed by atoms with van der Waals surface area (Å²) >= 11 is 1.43. The van der Waals surface area contributed by atoms with E-state index in [1.54, 1.807) is 0 Å². The SMILES string of the molecule is COC1Sc2ccccc2NC1=O. The van der Waals surface area contributed by atoms with Gasteiger partial charge in [0.15, 0.2) is 5.44 Å². The molecule has 0 saturated carbocycles. The molecule has 0 aliphatic carbocycles. The zero-order valence-corrected chi connectivity index (χ0v) is 7.93. The summed E-state index contributed by atoms with van der Waals surface area (Å²) in [6, 6.07) is 7.68. The van der Waals surface area contributed by atoms with Gasteiger partial charge in [-0.15, -0.1) is 0 Å². The lowest BCUT2D eigenvalue weighted by molar-refractivity contribution is -0.121. The third-order valence-electron chi connectivity index (χ3n) is 1.81. The Morgan fingerprint density at radius 3 is 3.00 bits per heavy atom. The maximum atomic E-state index is 11.3. The number of ether oxygens (including phenoxy) is 1. The molecule has 1 heterocycles. The van der Waals surface area contributed by atoms with E-state index in [2.05, 4.69) is 5.32 Å². The highest BCUT2D eigenvalue weighted by Gasteiger charge is 2.25. The number of rotatable bonds is 1. The summed E-state index contributed by atoms with van der Waals surface area (Å²) in [4.78, 5) is 12.4. The van der Waals surface area contributed by atoms with Gasteiger partial charge in [-0.1, -0.05) is 23.9 Å². The van der Waals surface area contributed by atoms with Crippen molar-refractivity contribution in [3.63, 3.8) is 0 Å². The van der Waals surface area contributed by atoms with Gasteiger partial charge in [0, 0.05) is 12.0 Å². The fraction of sp³-hybridized carbons (Fsp3) is 0.222. The summed E-state index contributed by atoms with van der Waals surface area (Å²) < 4.78 is 5.01. The number of fused-ring (bicyclic) bond motifs is 1. The Bertz CT molecular complexity index is 340. The van der Waals surface area contributed by atoms with E-state index >= 15 is 0 Å². The molecule has 1 aliphatic heterocycles. The molecule has 0 saturated heterocycles. The van der Waals surface area contributed by atoms with Gasteiger partial charge < -0.3 is 10.1 Å². The van der Waals surface area contributed by atoms with Gasteiger partial charge in [0.2, 0.25) is 0 Å². The first-order valence-corrected chi connectivity index (χ1v) is 4.78. The predicted octanol–water partition coefficient (Wildman–Crippen LogP) is 1.70. The highest BCUT2D eigenvalue weighted by atomic mass is 32.2. The lowest BCUT2D eigenvalue weighted by Crippen LogP contribution is -2.30. The minimum atomic E-state index is -0.421. The third kappa shape index (κ3) is 1.55. The van der Waals surface area contributed by atoms with Crippen molar-refractivity contribution in [2.24, 2.45) is 0 Å². The summed E-state index contributed by atoms with van der Waals surface area (Å²) in [7, 11) is 1.53. The van der Waals surface area contributed by atoms with Crippen LogP contribution in [0, 0.1) is 0 Å². The molecule has 0 bridgehead atoms. The average Bonchev–Trinajstić information content (AvgIpc) is 2.17. The third-order valence-corrected chi connectivity index (χ3v) is 3.04. The molecule has 1 aromatic rings. The van der Waals surface area contributed by atoms with Crippen LogP contribution in [0.4, 0.5) is 5.69 Å². The van der Waals surface area contributed by atoms with Crippen molar-refractivity contribution in [1.29, 1.82) is 0 Å². The maximum Gasteiger partial charge on any atom is 0.264 e. The quantitative estimate of drug-likeness (QED) is 0.741. The summed E-state index contributed by atoms with van der Waals surface area (Å²) in [5.74, 6) is -0.0915. The van der Waals surface area contributed by atoms with Gasteiger partial charge in [-0.3, -0.25) is 4.79 Å². The molecule has 1 unspecified atom stereocenters. The van der Waals surface area contributed by atoms with Gasteiger partial charge in [-0.25, -0.2) is 0 Å². The molecule has 0 spiro atoms. The Labute approximate surface area is 80.5 Å². The Hall–Kier alpha value is -1.00. The molecule has 1 aliphatic rings. The average molecular weight is 195 g/mol. The second-order valence-corrected chi connectivity index (χ2v) is 3.77. The van der Waals surface area contributed by atoms with Crippen molar-refractivity contribution in [1.82, 2.24) is 0 Å². The summed E-state index contributed by atoms with van der Waals surface area (Å²) in [5, 5.41) is 2.78. The van der Waals surface area contributed by atoms with E-state index in [9.17, 15) is 4.79 Å². The molecule has 3 nitrogen and oxygen atoms in total. The number of hydrogen-bond donors (Lipinski definition) is 1. The van der Waals surface area contributed by atoms with E-state index < -0.39 is 5.44 Å². The van der Waals surface area contributed by atoms with E-state index in [-0.39, 0.29) is 5.91 Å². The first-order valence-electron chi connectivity index (χ1n) is 3.90. The monoisotopic (exact) mass is 195 g/mol. The molecular formula is C9H9NO2S. The highest BCUT2D eigenvalue weighted by molar-refractivity contribution is 8.00. The van der Waals surface area contributed by atoms with Crippen molar-refractivity contribution in [3.05, 3.63) is 24.3 Å². The van der Waals surface area contributed by atoms with E-state index in [1.807, 2.05) is 24.3 Å². The molecule has 0 aromatic heterocycles. The van der Waals surface area contributed by atoms with Gasteiger partial charge in [-0.2, -0.15) is 0 Å². The normalized spacial score (nSPS) is 20.7.